The van der Waals surface area contributed by atoms with Crippen molar-refractivity contribution >= 4 is 0 Å². The molecule has 1 aromatic rings. The molecule has 0 N–H and O–H groups in total. The van der Waals surface area contributed by atoms with Crippen LogP contribution >= 0.6 is 0 Å². The maximum absolute atomic E-state index is 4.49. The topological polar surface area (TPSA) is 17.8 Å². The van der Waals surface area contributed by atoms with Gasteiger partial charge in [0.05, 0.1) is 5.69 Å². The van der Waals surface area contributed by atoms with Crippen molar-refractivity contribution in [1.29, 1.82) is 0 Å². The fourth-order valence-corrected chi connectivity index (χ4v) is 2.02. The van der Waals surface area contributed by atoms with Crippen LogP contribution in [0.15, 0.2) is 0 Å². The Hall–Kier alpha value is -0.790. The highest BCUT2D eigenvalue weighted by Crippen LogP contribution is 2.11. The van der Waals surface area contributed by atoms with E-state index in [1.54, 1.807) is 0 Å². The smallest absolute Gasteiger partial charge is 0.106 e. The second-order valence-electron chi connectivity index (χ2n) is 4.40. The Balaban J connectivity index is 2.37. The predicted octanol–water partition coefficient (Wildman–Crippen LogP) is 3.78. The third-order valence-corrected chi connectivity index (χ3v) is 3.13. The van der Waals surface area contributed by atoms with E-state index in [0.29, 0.717) is 0 Å². The zero-order valence-electron chi connectivity index (χ0n) is 10.6. The van der Waals surface area contributed by atoms with Gasteiger partial charge in [-0.25, -0.2) is 4.98 Å². The molecule has 2 heteroatoms. The van der Waals surface area contributed by atoms with E-state index < -0.39 is 0 Å². The number of imidazole rings is 1. The van der Waals surface area contributed by atoms with Crippen LogP contribution in [0.2, 0.25) is 0 Å². The van der Waals surface area contributed by atoms with Crippen LogP contribution in [0.4, 0.5) is 0 Å². The average Bonchev–Trinajstić information content (AvgIpc) is 2.44. The third kappa shape index (κ3) is 3.37. The second-order valence-corrected chi connectivity index (χ2v) is 4.40. The van der Waals surface area contributed by atoms with Crippen LogP contribution in [0.1, 0.15) is 56.2 Å². The zero-order chi connectivity index (χ0) is 11.3. The molecule has 0 unspecified atom stereocenters. The Bertz CT molecular complexity index is 300. The van der Waals surface area contributed by atoms with E-state index in [2.05, 4.69) is 37.2 Å². The number of aryl methyl sites for hydroxylation is 2. The molecule has 0 atom stereocenters. The maximum Gasteiger partial charge on any atom is 0.106 e. The number of nitrogens with zero attached hydrogens (tertiary/aromatic N) is 2. The highest BCUT2D eigenvalue weighted by Gasteiger charge is 2.05. The summed E-state index contributed by atoms with van der Waals surface area (Å²) in [4.78, 5) is 4.49. The van der Waals surface area contributed by atoms with E-state index in [9.17, 15) is 0 Å². The molecule has 0 aliphatic rings. The van der Waals surface area contributed by atoms with Crippen molar-refractivity contribution in [1.82, 2.24) is 9.55 Å². The highest BCUT2D eigenvalue weighted by molar-refractivity contribution is 5.13. The van der Waals surface area contributed by atoms with E-state index in [0.717, 1.165) is 6.54 Å². The summed E-state index contributed by atoms with van der Waals surface area (Å²) < 4.78 is 2.35. The monoisotopic (exact) mass is 208 g/mol. The van der Waals surface area contributed by atoms with Crippen LogP contribution in [0, 0.1) is 20.8 Å². The second kappa shape index (κ2) is 5.94. The first-order chi connectivity index (χ1) is 7.16. The standard InChI is InChI=1S/C13H24N2/c1-5-6-7-8-9-10-15-12(3)11(2)14-13(15)4/h5-10H2,1-4H3. The lowest BCUT2D eigenvalue weighted by Crippen LogP contribution is -2.02. The quantitative estimate of drug-likeness (QED) is 0.651. The molecule has 0 aromatic carbocycles. The molecule has 0 bridgehead atoms. The molecule has 0 saturated heterocycles. The van der Waals surface area contributed by atoms with Crippen LogP contribution in [0.25, 0.3) is 0 Å². The van der Waals surface area contributed by atoms with E-state index in [1.807, 2.05) is 0 Å². The van der Waals surface area contributed by atoms with Gasteiger partial charge in [0, 0.05) is 12.2 Å². The maximum atomic E-state index is 4.49. The van der Waals surface area contributed by atoms with Crippen molar-refractivity contribution < 1.29 is 0 Å². The van der Waals surface area contributed by atoms with Gasteiger partial charge in [-0.1, -0.05) is 32.6 Å². The van der Waals surface area contributed by atoms with Crippen molar-refractivity contribution in [2.75, 3.05) is 0 Å². The van der Waals surface area contributed by atoms with Gasteiger partial charge in [0.25, 0.3) is 0 Å². The normalized spacial score (nSPS) is 10.9. The lowest BCUT2D eigenvalue weighted by atomic mass is 10.1. The summed E-state index contributed by atoms with van der Waals surface area (Å²) in [6.45, 7) is 9.76. The van der Waals surface area contributed by atoms with Gasteiger partial charge in [0.15, 0.2) is 0 Å². The van der Waals surface area contributed by atoms with Gasteiger partial charge in [-0.05, 0) is 27.2 Å². The lowest BCUT2D eigenvalue weighted by Gasteiger charge is -2.07. The minimum Gasteiger partial charge on any atom is -0.332 e. The van der Waals surface area contributed by atoms with Crippen LogP contribution in [0.5, 0.6) is 0 Å². The Labute approximate surface area is 93.7 Å². The Morgan fingerprint density at radius 1 is 1.00 bits per heavy atom. The van der Waals surface area contributed by atoms with Gasteiger partial charge in [0.2, 0.25) is 0 Å². The van der Waals surface area contributed by atoms with Gasteiger partial charge in [0.1, 0.15) is 5.82 Å². The van der Waals surface area contributed by atoms with Crippen molar-refractivity contribution in [2.24, 2.45) is 0 Å². The zero-order valence-corrected chi connectivity index (χ0v) is 10.6. The largest absolute Gasteiger partial charge is 0.332 e. The Morgan fingerprint density at radius 2 is 1.67 bits per heavy atom. The fourth-order valence-electron chi connectivity index (χ4n) is 2.02. The Morgan fingerprint density at radius 3 is 2.20 bits per heavy atom. The van der Waals surface area contributed by atoms with Crippen LogP contribution in [0.3, 0.4) is 0 Å². The molecule has 0 saturated carbocycles. The van der Waals surface area contributed by atoms with E-state index in [1.165, 1.54) is 49.3 Å². The minimum atomic E-state index is 1.14. The number of hydrogen-bond donors (Lipinski definition) is 0. The summed E-state index contributed by atoms with van der Waals surface area (Å²) in [5.41, 5.74) is 2.52. The predicted molar refractivity (Wildman–Crippen MR) is 65.2 cm³/mol. The summed E-state index contributed by atoms with van der Waals surface area (Å²) in [5, 5.41) is 0. The molecule has 0 radical (unpaired) electrons. The first-order valence-corrected chi connectivity index (χ1v) is 6.17. The molecular formula is C13H24N2. The average molecular weight is 208 g/mol. The molecule has 1 aromatic heterocycles. The van der Waals surface area contributed by atoms with Crippen LogP contribution < -0.4 is 0 Å². The minimum absolute atomic E-state index is 1.14. The summed E-state index contributed by atoms with van der Waals surface area (Å²) in [7, 11) is 0. The van der Waals surface area contributed by atoms with Gasteiger partial charge in [-0.3, -0.25) is 0 Å². The summed E-state index contributed by atoms with van der Waals surface area (Å²) in [6, 6.07) is 0. The summed E-state index contributed by atoms with van der Waals surface area (Å²) >= 11 is 0. The molecule has 86 valence electrons. The van der Waals surface area contributed by atoms with Gasteiger partial charge in [-0.2, -0.15) is 0 Å². The van der Waals surface area contributed by atoms with Gasteiger partial charge < -0.3 is 4.57 Å². The first-order valence-electron chi connectivity index (χ1n) is 6.17. The SMILES string of the molecule is CCCCCCCn1c(C)nc(C)c1C. The van der Waals surface area contributed by atoms with E-state index >= 15 is 0 Å². The number of unbranched alkanes of at least 4 members (excludes halogenated alkanes) is 4. The van der Waals surface area contributed by atoms with Crippen molar-refractivity contribution in [2.45, 2.75) is 66.3 Å². The van der Waals surface area contributed by atoms with Crippen LogP contribution in [-0.2, 0) is 6.54 Å². The molecule has 0 aliphatic carbocycles. The van der Waals surface area contributed by atoms with Crippen molar-refractivity contribution in [3.63, 3.8) is 0 Å². The molecule has 15 heavy (non-hydrogen) atoms. The lowest BCUT2D eigenvalue weighted by molar-refractivity contribution is 0.554. The molecule has 0 amide bonds. The third-order valence-electron chi connectivity index (χ3n) is 3.13. The highest BCUT2D eigenvalue weighted by atomic mass is 15.1. The Kier molecular flexibility index (Phi) is 4.86. The van der Waals surface area contributed by atoms with Crippen LogP contribution in [-0.4, -0.2) is 9.55 Å². The number of aromatic nitrogens is 2. The van der Waals surface area contributed by atoms with Crippen molar-refractivity contribution in [3.8, 4) is 0 Å². The molecular weight excluding hydrogens is 184 g/mol. The molecule has 1 rings (SSSR count). The van der Waals surface area contributed by atoms with Gasteiger partial charge in [-0.15, -0.1) is 0 Å². The number of hydrogen-bond acceptors (Lipinski definition) is 1. The molecule has 2 nitrogen and oxygen atoms in total. The number of rotatable bonds is 6. The summed E-state index contributed by atoms with van der Waals surface area (Å²) in [6.07, 6.45) is 6.72. The summed E-state index contributed by atoms with van der Waals surface area (Å²) in [5.74, 6) is 1.17. The van der Waals surface area contributed by atoms with Crippen molar-refractivity contribution in [3.05, 3.63) is 17.2 Å². The molecule has 0 aliphatic heterocycles. The molecule has 0 fully saturated rings. The van der Waals surface area contributed by atoms with Gasteiger partial charge >= 0.3 is 0 Å². The van der Waals surface area contributed by atoms with E-state index in [4.69, 9.17) is 0 Å². The molecule has 0 spiro atoms. The molecule has 1 heterocycles. The van der Waals surface area contributed by atoms with E-state index in [-0.39, 0.29) is 0 Å². The first kappa shape index (κ1) is 12.3. The fraction of sp³-hybridized carbons (Fsp3) is 0.769.